The van der Waals surface area contributed by atoms with Gasteiger partial charge in [-0.2, -0.15) is 0 Å². The Morgan fingerprint density at radius 3 is 2.12 bits per heavy atom. The van der Waals surface area contributed by atoms with Crippen LogP contribution in [-0.2, 0) is 15.6 Å². The lowest BCUT2D eigenvalue weighted by atomic mass is 9.66. The Labute approximate surface area is 160 Å². The van der Waals surface area contributed by atoms with Crippen molar-refractivity contribution in [1.82, 2.24) is 0 Å². The van der Waals surface area contributed by atoms with Gasteiger partial charge >= 0.3 is 5.97 Å². The third-order valence-electron chi connectivity index (χ3n) is 5.74. The van der Waals surface area contributed by atoms with Gasteiger partial charge in [-0.25, -0.2) is 4.79 Å². The molecule has 138 valence electrons. The van der Waals surface area contributed by atoms with E-state index in [4.69, 9.17) is 4.74 Å². The standard InChI is InChI=1S/C23H28O2S/c1-14(16-8-10-17(11-9-16)21(24)25-7)19-15(2)18-20(26-19)23(5,6)13-12-22(18,3)4/h8-11H,1,12-13H2,2-7H3. The van der Waals surface area contributed by atoms with E-state index in [0.717, 1.165) is 11.1 Å². The van der Waals surface area contributed by atoms with Gasteiger partial charge < -0.3 is 4.74 Å². The van der Waals surface area contributed by atoms with Gasteiger partial charge in [0.15, 0.2) is 0 Å². The molecule has 0 radical (unpaired) electrons. The summed E-state index contributed by atoms with van der Waals surface area (Å²) in [5.41, 5.74) is 5.95. The molecule has 0 unspecified atom stereocenters. The molecule has 1 aromatic heterocycles. The largest absolute Gasteiger partial charge is 0.465 e. The van der Waals surface area contributed by atoms with Crippen molar-refractivity contribution in [1.29, 1.82) is 0 Å². The molecule has 1 aliphatic carbocycles. The van der Waals surface area contributed by atoms with Crippen molar-refractivity contribution < 1.29 is 9.53 Å². The van der Waals surface area contributed by atoms with Crippen molar-refractivity contribution >= 4 is 22.9 Å². The minimum Gasteiger partial charge on any atom is -0.465 e. The first-order valence-corrected chi connectivity index (χ1v) is 9.92. The Morgan fingerprint density at radius 1 is 1.04 bits per heavy atom. The first kappa shape index (κ1) is 18.9. The van der Waals surface area contributed by atoms with E-state index in [1.165, 1.54) is 40.8 Å². The average molecular weight is 369 g/mol. The van der Waals surface area contributed by atoms with E-state index in [9.17, 15) is 4.79 Å². The van der Waals surface area contributed by atoms with Gasteiger partial charge in [-0.05, 0) is 65.0 Å². The molecule has 0 aliphatic heterocycles. The first-order valence-electron chi connectivity index (χ1n) is 9.11. The van der Waals surface area contributed by atoms with Crippen LogP contribution in [0.2, 0.25) is 0 Å². The van der Waals surface area contributed by atoms with E-state index in [1.807, 2.05) is 35.6 Å². The summed E-state index contributed by atoms with van der Waals surface area (Å²) in [6.07, 6.45) is 2.43. The second kappa shape index (κ2) is 6.38. The number of rotatable bonds is 3. The Hall–Kier alpha value is -1.87. The summed E-state index contributed by atoms with van der Waals surface area (Å²) in [5, 5.41) is 0. The summed E-state index contributed by atoms with van der Waals surface area (Å²) in [4.78, 5) is 14.4. The van der Waals surface area contributed by atoms with E-state index in [0.29, 0.717) is 5.56 Å². The summed E-state index contributed by atoms with van der Waals surface area (Å²) >= 11 is 1.90. The maximum atomic E-state index is 11.7. The van der Waals surface area contributed by atoms with Crippen molar-refractivity contribution in [3.05, 3.63) is 62.9 Å². The number of thiophene rings is 1. The van der Waals surface area contributed by atoms with Gasteiger partial charge in [0, 0.05) is 9.75 Å². The van der Waals surface area contributed by atoms with Crippen LogP contribution in [0.15, 0.2) is 30.8 Å². The third kappa shape index (κ3) is 3.03. The number of ether oxygens (including phenoxy) is 1. The van der Waals surface area contributed by atoms with Crippen molar-refractivity contribution in [2.75, 3.05) is 7.11 Å². The lowest BCUT2D eigenvalue weighted by Gasteiger charge is -2.39. The lowest BCUT2D eigenvalue weighted by Crippen LogP contribution is -2.32. The number of carbonyl (C=O) groups is 1. The van der Waals surface area contributed by atoms with Gasteiger partial charge in [-0.1, -0.05) is 46.4 Å². The molecule has 2 nitrogen and oxygen atoms in total. The fourth-order valence-corrected chi connectivity index (χ4v) is 5.62. The molecular formula is C23H28O2S. The van der Waals surface area contributed by atoms with Crippen LogP contribution in [0.4, 0.5) is 0 Å². The van der Waals surface area contributed by atoms with Gasteiger partial charge in [-0.15, -0.1) is 11.3 Å². The van der Waals surface area contributed by atoms with Crippen LogP contribution in [0.1, 0.15) is 77.3 Å². The van der Waals surface area contributed by atoms with Crippen molar-refractivity contribution in [2.24, 2.45) is 0 Å². The van der Waals surface area contributed by atoms with E-state index >= 15 is 0 Å². The SMILES string of the molecule is C=C(c1ccc(C(=O)OC)cc1)c1sc2c(c1C)C(C)(C)CCC2(C)C. The second-order valence-corrected chi connectivity index (χ2v) is 9.60. The smallest absolute Gasteiger partial charge is 0.337 e. The maximum Gasteiger partial charge on any atom is 0.337 e. The van der Waals surface area contributed by atoms with E-state index < -0.39 is 0 Å². The molecule has 0 fully saturated rings. The fourth-order valence-electron chi connectivity index (χ4n) is 4.01. The number of fused-ring (bicyclic) bond motifs is 1. The quantitative estimate of drug-likeness (QED) is 0.598. The molecule has 26 heavy (non-hydrogen) atoms. The maximum absolute atomic E-state index is 11.7. The molecule has 3 rings (SSSR count). The highest BCUT2D eigenvalue weighted by Crippen LogP contribution is 2.52. The van der Waals surface area contributed by atoms with E-state index in [-0.39, 0.29) is 16.8 Å². The monoisotopic (exact) mass is 368 g/mol. The van der Waals surface area contributed by atoms with Crippen LogP contribution >= 0.6 is 11.3 Å². The highest BCUT2D eigenvalue weighted by Gasteiger charge is 2.40. The van der Waals surface area contributed by atoms with Crippen LogP contribution in [0.25, 0.3) is 5.57 Å². The molecule has 0 N–H and O–H groups in total. The van der Waals surface area contributed by atoms with Crippen molar-refractivity contribution in [3.8, 4) is 0 Å². The number of esters is 1. The summed E-state index contributed by atoms with van der Waals surface area (Å²) in [6, 6.07) is 7.54. The van der Waals surface area contributed by atoms with Gasteiger partial charge in [0.05, 0.1) is 12.7 Å². The van der Waals surface area contributed by atoms with Crippen molar-refractivity contribution in [3.63, 3.8) is 0 Å². The van der Waals surface area contributed by atoms with Gasteiger partial charge in [0.25, 0.3) is 0 Å². The van der Waals surface area contributed by atoms with E-state index in [2.05, 4.69) is 41.2 Å². The number of carbonyl (C=O) groups excluding carboxylic acids is 1. The molecule has 0 spiro atoms. The molecule has 3 heteroatoms. The minimum atomic E-state index is -0.312. The fraction of sp³-hybridized carbons (Fsp3) is 0.435. The predicted octanol–water partition coefficient (Wildman–Crippen LogP) is 6.25. The molecule has 1 aliphatic rings. The normalized spacial score (nSPS) is 17.5. The van der Waals surface area contributed by atoms with Crippen LogP contribution in [0.3, 0.4) is 0 Å². The lowest BCUT2D eigenvalue weighted by molar-refractivity contribution is 0.0600. The molecule has 2 aromatic rings. The van der Waals surface area contributed by atoms with Crippen LogP contribution in [0.5, 0.6) is 0 Å². The highest BCUT2D eigenvalue weighted by molar-refractivity contribution is 7.13. The molecule has 1 aromatic carbocycles. The van der Waals surface area contributed by atoms with Gasteiger partial charge in [-0.3, -0.25) is 0 Å². The molecule has 1 heterocycles. The Kier molecular flexibility index (Phi) is 4.64. The summed E-state index contributed by atoms with van der Waals surface area (Å²) in [6.45, 7) is 16.1. The molecular weight excluding hydrogens is 340 g/mol. The van der Waals surface area contributed by atoms with E-state index in [1.54, 1.807) is 0 Å². The predicted molar refractivity (Wildman–Crippen MR) is 110 cm³/mol. The zero-order chi connectivity index (χ0) is 19.3. The van der Waals surface area contributed by atoms with Crippen LogP contribution in [-0.4, -0.2) is 13.1 Å². The van der Waals surface area contributed by atoms with Crippen molar-refractivity contribution in [2.45, 2.75) is 58.3 Å². The highest BCUT2D eigenvalue weighted by atomic mass is 32.1. The molecule has 0 bridgehead atoms. The molecule has 0 saturated carbocycles. The Morgan fingerprint density at radius 2 is 1.58 bits per heavy atom. The van der Waals surface area contributed by atoms with Gasteiger partial charge in [0.2, 0.25) is 0 Å². The van der Waals surface area contributed by atoms with Crippen LogP contribution < -0.4 is 0 Å². The number of hydrogen-bond donors (Lipinski definition) is 0. The Bertz CT molecular complexity index is 866. The van der Waals surface area contributed by atoms with Crippen LogP contribution in [0, 0.1) is 6.92 Å². The Balaban J connectivity index is 2.04. The zero-order valence-corrected chi connectivity index (χ0v) is 17.5. The number of hydrogen-bond acceptors (Lipinski definition) is 3. The summed E-state index contributed by atoms with van der Waals surface area (Å²) < 4.78 is 4.78. The molecule has 0 amide bonds. The number of methoxy groups -OCH3 is 1. The summed E-state index contributed by atoms with van der Waals surface area (Å²) in [5.74, 6) is -0.312. The molecule has 0 atom stereocenters. The zero-order valence-electron chi connectivity index (χ0n) is 16.7. The summed E-state index contributed by atoms with van der Waals surface area (Å²) in [7, 11) is 1.40. The third-order valence-corrected chi connectivity index (χ3v) is 7.46. The first-order chi connectivity index (χ1) is 12.1. The van der Waals surface area contributed by atoms with Gasteiger partial charge in [0.1, 0.15) is 0 Å². The minimum absolute atomic E-state index is 0.207. The second-order valence-electron chi connectivity index (χ2n) is 8.58. The topological polar surface area (TPSA) is 26.3 Å². The average Bonchev–Trinajstić information content (AvgIpc) is 2.97. The molecule has 0 saturated heterocycles. The number of benzene rings is 1.